The summed E-state index contributed by atoms with van der Waals surface area (Å²) < 4.78 is 10.7. The van der Waals surface area contributed by atoms with Crippen LogP contribution in [0.1, 0.15) is 125 Å². The van der Waals surface area contributed by atoms with Crippen molar-refractivity contribution in [3.8, 4) is 0 Å². The van der Waals surface area contributed by atoms with Gasteiger partial charge in [0.15, 0.2) is 0 Å². The van der Waals surface area contributed by atoms with Gasteiger partial charge in [-0.25, -0.2) is 4.79 Å². The Morgan fingerprint density at radius 1 is 0.884 bits per heavy atom. The van der Waals surface area contributed by atoms with Crippen molar-refractivity contribution in [1.82, 2.24) is 0 Å². The molecule has 0 aromatic heterocycles. The van der Waals surface area contributed by atoms with Gasteiger partial charge in [-0.05, 0) is 63.0 Å². The first-order valence-electron chi connectivity index (χ1n) is 16.4. The van der Waals surface area contributed by atoms with Gasteiger partial charge in [-0.1, -0.05) is 114 Å². The molecule has 0 spiro atoms. The van der Waals surface area contributed by atoms with E-state index >= 15 is 0 Å². The summed E-state index contributed by atoms with van der Waals surface area (Å²) in [6.07, 6.45) is 25.8. The van der Waals surface area contributed by atoms with Crippen molar-refractivity contribution >= 4 is 11.9 Å². The third kappa shape index (κ3) is 16.3. The van der Waals surface area contributed by atoms with Gasteiger partial charge < -0.3 is 19.7 Å². The number of unbranched alkanes of at least 4 members (excludes halogenated alkanes) is 8. The topological polar surface area (TPSA) is 93.1 Å². The fourth-order valence-corrected chi connectivity index (χ4v) is 5.29. The molecule has 0 fully saturated rings. The van der Waals surface area contributed by atoms with Gasteiger partial charge in [0, 0.05) is 12.5 Å². The SMILES string of the molecule is CCCCCCCCCCCC(=O)OCC(CO)(CO)COC(=O)C=C(C)C=CC=C(C)C=CC1=C(C)CCCC1(C)C. The lowest BCUT2D eigenvalue weighted by atomic mass is 9.72. The standard InChI is InChI=1S/C37H60O6/c1-7-8-9-10-11-12-13-14-15-21-34(40)42-28-37(26-38,27-39)29-43-35(41)25-31(3)19-16-18-30(2)22-23-33-32(4)20-17-24-36(33,5)6/h16,18-19,22-23,25,38-39H,7-15,17,20-21,24,26-29H2,1-6H3. The third-order valence-corrected chi connectivity index (χ3v) is 8.33. The Morgan fingerprint density at radius 2 is 1.49 bits per heavy atom. The summed E-state index contributed by atoms with van der Waals surface area (Å²) in [6.45, 7) is 11.5. The molecule has 1 aliphatic carbocycles. The van der Waals surface area contributed by atoms with E-state index in [-0.39, 0.29) is 24.6 Å². The molecule has 1 aliphatic rings. The molecule has 0 saturated heterocycles. The molecule has 6 heteroatoms. The molecule has 0 aliphatic heterocycles. The number of ether oxygens (including phenoxy) is 2. The van der Waals surface area contributed by atoms with Gasteiger partial charge in [0.05, 0.1) is 18.6 Å². The maximum Gasteiger partial charge on any atom is 0.331 e. The number of hydrogen-bond donors (Lipinski definition) is 2. The zero-order valence-corrected chi connectivity index (χ0v) is 28.0. The van der Waals surface area contributed by atoms with E-state index in [1.165, 1.54) is 68.6 Å². The van der Waals surface area contributed by atoms with E-state index in [0.717, 1.165) is 31.3 Å². The van der Waals surface area contributed by atoms with Crippen molar-refractivity contribution in [2.24, 2.45) is 10.8 Å². The average Bonchev–Trinajstić information content (AvgIpc) is 2.96. The monoisotopic (exact) mass is 600 g/mol. The highest BCUT2D eigenvalue weighted by Gasteiger charge is 2.33. The molecule has 6 nitrogen and oxygen atoms in total. The van der Waals surface area contributed by atoms with Gasteiger partial charge in [-0.15, -0.1) is 0 Å². The van der Waals surface area contributed by atoms with Crippen LogP contribution in [-0.4, -0.2) is 48.6 Å². The van der Waals surface area contributed by atoms with Crippen LogP contribution in [0.15, 0.2) is 58.7 Å². The molecule has 0 unspecified atom stereocenters. The highest BCUT2D eigenvalue weighted by atomic mass is 16.5. The highest BCUT2D eigenvalue weighted by molar-refractivity contribution is 5.83. The van der Waals surface area contributed by atoms with E-state index in [2.05, 4.69) is 39.8 Å². The number of esters is 2. The summed E-state index contributed by atoms with van der Waals surface area (Å²) >= 11 is 0. The first-order chi connectivity index (χ1) is 20.5. The van der Waals surface area contributed by atoms with E-state index in [9.17, 15) is 19.8 Å². The van der Waals surface area contributed by atoms with Gasteiger partial charge in [-0.2, -0.15) is 0 Å². The number of allylic oxidation sites excluding steroid dienone is 9. The van der Waals surface area contributed by atoms with Gasteiger partial charge in [0.2, 0.25) is 0 Å². The molecular formula is C37H60O6. The van der Waals surface area contributed by atoms with Crippen LogP contribution < -0.4 is 0 Å². The van der Waals surface area contributed by atoms with Crippen LogP contribution >= 0.6 is 0 Å². The molecular weight excluding hydrogens is 540 g/mol. The summed E-state index contributed by atoms with van der Waals surface area (Å²) in [6, 6.07) is 0. The Balaban J connectivity index is 2.48. The maximum atomic E-state index is 12.4. The molecule has 43 heavy (non-hydrogen) atoms. The van der Waals surface area contributed by atoms with Crippen LogP contribution in [0.3, 0.4) is 0 Å². The van der Waals surface area contributed by atoms with Crippen molar-refractivity contribution in [3.63, 3.8) is 0 Å². The Bertz CT molecular complexity index is 991. The van der Waals surface area contributed by atoms with Crippen LogP contribution in [0.4, 0.5) is 0 Å². The quantitative estimate of drug-likeness (QED) is 0.0594. The van der Waals surface area contributed by atoms with Crippen molar-refractivity contribution < 1.29 is 29.3 Å². The molecule has 0 heterocycles. The first-order valence-corrected chi connectivity index (χ1v) is 16.4. The average molecular weight is 601 g/mol. The minimum absolute atomic E-state index is 0.201. The predicted molar refractivity (Wildman–Crippen MR) is 176 cm³/mol. The lowest BCUT2D eigenvalue weighted by molar-refractivity contribution is -0.156. The Morgan fingerprint density at radius 3 is 2.09 bits per heavy atom. The first kappa shape index (κ1) is 38.6. The fraction of sp³-hybridized carbons (Fsp3) is 0.676. The number of aliphatic hydroxyl groups is 2. The summed E-state index contributed by atoms with van der Waals surface area (Å²) in [5.41, 5.74) is 3.66. The molecule has 0 radical (unpaired) electrons. The molecule has 0 aromatic carbocycles. The molecule has 0 aromatic rings. The molecule has 0 amide bonds. The third-order valence-electron chi connectivity index (χ3n) is 8.33. The summed E-state index contributed by atoms with van der Waals surface area (Å²) in [4.78, 5) is 24.6. The van der Waals surface area contributed by atoms with Gasteiger partial charge >= 0.3 is 11.9 Å². The van der Waals surface area contributed by atoms with E-state index < -0.39 is 24.6 Å². The minimum Gasteiger partial charge on any atom is -0.465 e. The largest absolute Gasteiger partial charge is 0.465 e. The second kappa shape index (κ2) is 21.3. The second-order valence-corrected chi connectivity index (χ2v) is 13.1. The lowest BCUT2D eigenvalue weighted by Gasteiger charge is -2.32. The van der Waals surface area contributed by atoms with E-state index in [1.54, 1.807) is 6.92 Å². The van der Waals surface area contributed by atoms with Crippen molar-refractivity contribution in [2.75, 3.05) is 26.4 Å². The zero-order chi connectivity index (χ0) is 32.1. The predicted octanol–water partition coefficient (Wildman–Crippen LogP) is 8.50. The Kier molecular flexibility index (Phi) is 19.1. The van der Waals surface area contributed by atoms with Crippen molar-refractivity contribution in [1.29, 1.82) is 0 Å². The number of carbonyl (C=O) groups is 2. The van der Waals surface area contributed by atoms with Crippen LogP contribution in [0.25, 0.3) is 0 Å². The van der Waals surface area contributed by atoms with Gasteiger partial charge in [0.25, 0.3) is 0 Å². The molecule has 244 valence electrons. The van der Waals surface area contributed by atoms with Crippen LogP contribution in [0.5, 0.6) is 0 Å². The highest BCUT2D eigenvalue weighted by Crippen LogP contribution is 2.40. The van der Waals surface area contributed by atoms with Gasteiger partial charge in [0.1, 0.15) is 13.2 Å². The molecule has 1 rings (SSSR count). The van der Waals surface area contributed by atoms with Gasteiger partial charge in [-0.3, -0.25) is 4.79 Å². The van der Waals surface area contributed by atoms with Crippen LogP contribution in [0.2, 0.25) is 0 Å². The van der Waals surface area contributed by atoms with E-state index in [0.29, 0.717) is 12.0 Å². The smallest absolute Gasteiger partial charge is 0.331 e. The molecule has 2 N–H and O–H groups in total. The zero-order valence-electron chi connectivity index (χ0n) is 28.0. The normalized spacial score (nSPS) is 16.4. The fourth-order valence-electron chi connectivity index (χ4n) is 5.29. The number of rotatable bonds is 21. The number of hydrogen-bond acceptors (Lipinski definition) is 6. The number of aliphatic hydroxyl groups excluding tert-OH is 2. The maximum absolute atomic E-state index is 12.4. The Hall–Kier alpha value is -2.44. The Labute approximate surface area is 262 Å². The molecule has 0 saturated carbocycles. The summed E-state index contributed by atoms with van der Waals surface area (Å²) in [5, 5.41) is 19.8. The minimum atomic E-state index is -1.24. The number of carbonyl (C=O) groups excluding carboxylic acids is 2. The van der Waals surface area contributed by atoms with E-state index in [4.69, 9.17) is 9.47 Å². The molecule has 0 bridgehead atoms. The van der Waals surface area contributed by atoms with E-state index in [1.807, 2.05) is 25.2 Å². The van der Waals surface area contributed by atoms with Crippen molar-refractivity contribution in [3.05, 3.63) is 58.7 Å². The summed E-state index contributed by atoms with van der Waals surface area (Å²) in [7, 11) is 0. The second-order valence-electron chi connectivity index (χ2n) is 13.1. The molecule has 0 atom stereocenters. The van der Waals surface area contributed by atoms with Crippen LogP contribution in [-0.2, 0) is 19.1 Å². The summed E-state index contributed by atoms with van der Waals surface area (Å²) in [5.74, 6) is -0.953. The van der Waals surface area contributed by atoms with Crippen LogP contribution in [0, 0.1) is 10.8 Å². The lowest BCUT2D eigenvalue weighted by Crippen LogP contribution is -2.41. The van der Waals surface area contributed by atoms with Crippen molar-refractivity contribution in [2.45, 2.75) is 125 Å².